The highest BCUT2D eigenvalue weighted by Gasteiger charge is 2.40. The monoisotopic (exact) mass is 468 g/mol. The van der Waals surface area contributed by atoms with Gasteiger partial charge in [0, 0.05) is 5.69 Å². The highest BCUT2D eigenvalue weighted by molar-refractivity contribution is 6.46. The van der Waals surface area contributed by atoms with Crippen LogP contribution in [-0.2, 0) is 15.0 Å². The normalized spacial score (nSPS) is 14.2. The van der Waals surface area contributed by atoms with Gasteiger partial charge in [-0.05, 0) is 73.7 Å². The summed E-state index contributed by atoms with van der Waals surface area (Å²) in [6.45, 7) is 12.4. The fraction of sp³-hybridized carbons (Fsp3) is 0.267. The molecule has 0 saturated carbocycles. The maximum Gasteiger partial charge on any atom is 0.282 e. The van der Waals surface area contributed by atoms with Gasteiger partial charge in [0.1, 0.15) is 11.4 Å². The van der Waals surface area contributed by atoms with Gasteiger partial charge >= 0.3 is 0 Å². The maximum absolute atomic E-state index is 13.6. The number of hydrogen-bond donors (Lipinski definition) is 1. The van der Waals surface area contributed by atoms with Crippen molar-refractivity contribution in [2.24, 2.45) is 0 Å². The van der Waals surface area contributed by atoms with Gasteiger partial charge in [-0.3, -0.25) is 9.59 Å². The van der Waals surface area contributed by atoms with Gasteiger partial charge in [0.05, 0.1) is 17.4 Å². The van der Waals surface area contributed by atoms with E-state index in [2.05, 4.69) is 26.1 Å². The Labute approximate surface area is 207 Å². The molecule has 1 N–H and O–H groups in total. The zero-order valence-corrected chi connectivity index (χ0v) is 21.2. The van der Waals surface area contributed by atoms with Crippen LogP contribution in [-0.4, -0.2) is 17.9 Å². The van der Waals surface area contributed by atoms with Gasteiger partial charge in [-0.15, -0.1) is 0 Å². The third kappa shape index (κ3) is 5.14. The molecule has 1 aliphatic rings. The summed E-state index contributed by atoms with van der Waals surface area (Å²) in [6.07, 6.45) is 0.0335. The molecule has 0 radical (unpaired) electrons. The van der Waals surface area contributed by atoms with Gasteiger partial charge in [0.25, 0.3) is 11.8 Å². The molecule has 180 valence electrons. The first kappa shape index (κ1) is 24.3. The first-order chi connectivity index (χ1) is 16.5. The van der Waals surface area contributed by atoms with Crippen molar-refractivity contribution in [3.8, 4) is 5.75 Å². The van der Waals surface area contributed by atoms with Crippen molar-refractivity contribution < 1.29 is 14.3 Å². The van der Waals surface area contributed by atoms with Crippen LogP contribution in [0.25, 0.3) is 5.57 Å². The number of carbonyl (C=O) groups is 2. The summed E-state index contributed by atoms with van der Waals surface area (Å²) in [5.41, 5.74) is 4.87. The van der Waals surface area contributed by atoms with Crippen molar-refractivity contribution in [3.63, 3.8) is 0 Å². The molecule has 0 saturated heterocycles. The summed E-state index contributed by atoms with van der Waals surface area (Å²) in [4.78, 5) is 28.5. The molecular weight excluding hydrogens is 436 g/mol. The van der Waals surface area contributed by atoms with Crippen LogP contribution in [0.15, 0.2) is 78.5 Å². The summed E-state index contributed by atoms with van der Waals surface area (Å²) >= 11 is 0. The number of ether oxygens (including phenoxy) is 1. The van der Waals surface area contributed by atoms with Crippen LogP contribution in [0.4, 0.5) is 11.4 Å². The van der Waals surface area contributed by atoms with Crippen LogP contribution >= 0.6 is 0 Å². The van der Waals surface area contributed by atoms with Crippen molar-refractivity contribution in [2.45, 2.75) is 53.1 Å². The third-order valence-electron chi connectivity index (χ3n) is 5.91. The third-order valence-corrected chi connectivity index (χ3v) is 5.91. The predicted molar refractivity (Wildman–Crippen MR) is 142 cm³/mol. The largest absolute Gasteiger partial charge is 0.491 e. The Balaban J connectivity index is 1.72. The molecule has 0 aliphatic carbocycles. The van der Waals surface area contributed by atoms with E-state index in [9.17, 15) is 9.59 Å². The Morgan fingerprint density at radius 2 is 1.40 bits per heavy atom. The van der Waals surface area contributed by atoms with Gasteiger partial charge in [-0.2, -0.15) is 0 Å². The van der Waals surface area contributed by atoms with E-state index in [-0.39, 0.29) is 29.0 Å². The topological polar surface area (TPSA) is 58.6 Å². The number of imide groups is 1. The van der Waals surface area contributed by atoms with Crippen molar-refractivity contribution in [3.05, 3.63) is 95.2 Å². The first-order valence-corrected chi connectivity index (χ1v) is 11.9. The van der Waals surface area contributed by atoms with E-state index < -0.39 is 0 Å². The Morgan fingerprint density at radius 1 is 0.800 bits per heavy atom. The van der Waals surface area contributed by atoms with Gasteiger partial charge in [0.2, 0.25) is 0 Å². The van der Waals surface area contributed by atoms with Crippen LogP contribution in [0.2, 0.25) is 0 Å². The van der Waals surface area contributed by atoms with Gasteiger partial charge < -0.3 is 10.1 Å². The molecule has 1 aliphatic heterocycles. The molecule has 2 amide bonds. The Bertz CT molecular complexity index is 1260. The second-order valence-electron chi connectivity index (χ2n) is 10.2. The molecule has 0 spiro atoms. The summed E-state index contributed by atoms with van der Waals surface area (Å²) in [5.74, 6) is -0.0555. The molecular formula is C30H32N2O3. The first-order valence-electron chi connectivity index (χ1n) is 11.9. The minimum atomic E-state index is -0.386. The quantitative estimate of drug-likeness (QED) is 0.421. The van der Waals surface area contributed by atoms with Crippen LogP contribution in [0.5, 0.6) is 5.75 Å². The van der Waals surface area contributed by atoms with Crippen molar-refractivity contribution >= 4 is 28.8 Å². The molecule has 0 unspecified atom stereocenters. The molecule has 3 aromatic carbocycles. The van der Waals surface area contributed by atoms with Gasteiger partial charge in [-0.1, -0.05) is 62.7 Å². The number of benzene rings is 3. The summed E-state index contributed by atoms with van der Waals surface area (Å²) in [5, 5.41) is 3.24. The van der Waals surface area contributed by atoms with E-state index in [0.29, 0.717) is 22.6 Å². The molecule has 0 aromatic heterocycles. The average Bonchev–Trinajstić information content (AvgIpc) is 3.04. The fourth-order valence-corrected chi connectivity index (χ4v) is 4.01. The number of carbonyl (C=O) groups excluding carboxylic acids is 2. The van der Waals surface area contributed by atoms with E-state index in [1.165, 1.54) is 10.5 Å². The molecule has 3 aromatic rings. The Hall–Kier alpha value is -3.86. The van der Waals surface area contributed by atoms with Crippen molar-refractivity contribution in [1.29, 1.82) is 0 Å². The number of nitrogens with zero attached hydrogens (tertiary/aromatic N) is 1. The fourth-order valence-electron chi connectivity index (χ4n) is 4.01. The lowest BCUT2D eigenvalue weighted by atomic mass is 9.87. The highest BCUT2D eigenvalue weighted by Crippen LogP contribution is 2.35. The summed E-state index contributed by atoms with van der Waals surface area (Å²) in [6, 6.07) is 22.6. The molecule has 4 rings (SSSR count). The van der Waals surface area contributed by atoms with Crippen molar-refractivity contribution in [2.75, 3.05) is 10.2 Å². The lowest BCUT2D eigenvalue weighted by molar-refractivity contribution is -0.120. The average molecular weight is 469 g/mol. The predicted octanol–water partition coefficient (Wildman–Crippen LogP) is 6.48. The number of anilines is 2. The lowest BCUT2D eigenvalue weighted by Gasteiger charge is -2.19. The molecule has 35 heavy (non-hydrogen) atoms. The second-order valence-corrected chi connectivity index (χ2v) is 10.2. The number of nitrogens with one attached hydrogen (secondary N) is 1. The van der Waals surface area contributed by atoms with Crippen LogP contribution in [0, 0.1) is 6.92 Å². The van der Waals surface area contributed by atoms with E-state index in [4.69, 9.17) is 4.74 Å². The minimum absolute atomic E-state index is 0.0201. The smallest absolute Gasteiger partial charge is 0.282 e. The van der Waals surface area contributed by atoms with Crippen LogP contribution in [0.3, 0.4) is 0 Å². The van der Waals surface area contributed by atoms with Gasteiger partial charge in [-0.25, -0.2) is 4.90 Å². The number of aryl methyl sites for hydroxylation is 1. The molecule has 5 heteroatoms. The summed E-state index contributed by atoms with van der Waals surface area (Å²) < 4.78 is 5.71. The Morgan fingerprint density at radius 3 is 1.94 bits per heavy atom. The number of rotatable bonds is 6. The highest BCUT2D eigenvalue weighted by atomic mass is 16.5. The zero-order valence-electron chi connectivity index (χ0n) is 21.2. The molecule has 1 heterocycles. The number of hydrogen-bond acceptors (Lipinski definition) is 4. The number of amides is 2. The summed E-state index contributed by atoms with van der Waals surface area (Å²) in [7, 11) is 0. The van der Waals surface area contributed by atoms with E-state index in [0.717, 1.165) is 11.3 Å². The van der Waals surface area contributed by atoms with E-state index in [1.807, 2.05) is 69.3 Å². The minimum Gasteiger partial charge on any atom is -0.491 e. The SMILES string of the molecule is Cc1ccc(C2=C(Nc3ccc(C(C)(C)C)cc3)C(=O)N(c3ccc(OC(C)C)cc3)C2=O)cc1. The van der Waals surface area contributed by atoms with Crippen molar-refractivity contribution in [1.82, 2.24) is 0 Å². The standard InChI is InChI=1S/C30H32N2O3/c1-19(2)35-25-17-15-24(16-18-25)32-28(33)26(21-9-7-20(3)8-10-21)27(29(32)34)31-23-13-11-22(12-14-23)30(4,5)6/h7-19,31H,1-6H3. The molecule has 0 atom stereocenters. The molecule has 5 nitrogen and oxygen atoms in total. The Kier molecular flexibility index (Phi) is 6.53. The zero-order chi connectivity index (χ0) is 25.3. The van der Waals surface area contributed by atoms with Crippen LogP contribution < -0.4 is 15.0 Å². The molecule has 0 bridgehead atoms. The maximum atomic E-state index is 13.6. The van der Waals surface area contributed by atoms with E-state index >= 15 is 0 Å². The lowest BCUT2D eigenvalue weighted by Crippen LogP contribution is -2.32. The second kappa shape index (κ2) is 9.41. The van der Waals surface area contributed by atoms with Crippen LogP contribution in [0.1, 0.15) is 51.3 Å². The van der Waals surface area contributed by atoms with E-state index in [1.54, 1.807) is 24.3 Å². The van der Waals surface area contributed by atoms with Gasteiger partial charge in [0.15, 0.2) is 0 Å². The molecule has 0 fully saturated rings.